The van der Waals surface area contributed by atoms with Crippen molar-refractivity contribution in [2.75, 3.05) is 31.3 Å². The maximum atomic E-state index is 15.2. The van der Waals surface area contributed by atoms with Crippen LogP contribution in [-0.2, 0) is 15.8 Å². The van der Waals surface area contributed by atoms with Crippen LogP contribution in [0.15, 0.2) is 30.5 Å². The number of rotatable bonds is 8. The van der Waals surface area contributed by atoms with E-state index in [0.29, 0.717) is 29.8 Å². The fourth-order valence-electron chi connectivity index (χ4n) is 3.13. The molecule has 8 heteroatoms. The van der Waals surface area contributed by atoms with Gasteiger partial charge in [0.2, 0.25) is 0 Å². The summed E-state index contributed by atoms with van der Waals surface area (Å²) >= 11 is 0. The molecule has 0 unspecified atom stereocenters. The number of hydrogen-bond donors (Lipinski definition) is 0. The highest BCUT2D eigenvalue weighted by Crippen LogP contribution is 2.37. The van der Waals surface area contributed by atoms with Crippen molar-refractivity contribution in [2.45, 2.75) is 51.6 Å². The van der Waals surface area contributed by atoms with E-state index in [0.717, 1.165) is 0 Å². The molecule has 1 fully saturated rings. The van der Waals surface area contributed by atoms with Crippen LogP contribution in [0.3, 0.4) is 0 Å². The van der Waals surface area contributed by atoms with Crippen LogP contribution in [0.2, 0.25) is 18.1 Å². The molecule has 0 atom stereocenters. The lowest BCUT2D eigenvalue weighted by molar-refractivity contribution is 0.0262. The minimum Gasteiger partial charge on any atom is -0.412 e. The Morgan fingerprint density at radius 3 is 2.52 bits per heavy atom. The first-order valence-electron chi connectivity index (χ1n) is 10.5. The molecule has 2 heterocycles. The van der Waals surface area contributed by atoms with Gasteiger partial charge in [-0.05, 0) is 24.2 Å². The zero-order chi connectivity index (χ0) is 22.8. The molecule has 0 spiro atoms. The molecule has 2 aromatic rings. The van der Waals surface area contributed by atoms with Crippen molar-refractivity contribution in [3.63, 3.8) is 0 Å². The smallest absolute Gasteiger partial charge is 0.192 e. The van der Waals surface area contributed by atoms with Gasteiger partial charge in [0.25, 0.3) is 0 Å². The van der Waals surface area contributed by atoms with E-state index in [9.17, 15) is 8.78 Å². The monoisotopic (exact) mass is 452 g/mol. The van der Waals surface area contributed by atoms with E-state index in [-0.39, 0.29) is 30.2 Å². The number of alkyl halides is 1. The number of pyridine rings is 1. The van der Waals surface area contributed by atoms with Crippen LogP contribution in [-0.4, -0.2) is 45.8 Å². The molecular weight excluding hydrogens is 421 g/mol. The van der Waals surface area contributed by atoms with Crippen molar-refractivity contribution in [1.82, 2.24) is 4.98 Å². The molecule has 0 N–H and O–H groups in total. The lowest BCUT2D eigenvalue weighted by atomic mass is 10.0. The molecule has 4 nitrogen and oxygen atoms in total. The van der Waals surface area contributed by atoms with Crippen molar-refractivity contribution in [1.29, 1.82) is 0 Å². The van der Waals surface area contributed by atoms with Gasteiger partial charge in [-0.3, -0.25) is 0 Å². The van der Waals surface area contributed by atoms with Gasteiger partial charge in [0.05, 0.1) is 19.3 Å². The number of benzene rings is 1. The molecule has 1 aliphatic heterocycles. The Kier molecular flexibility index (Phi) is 7.13. The number of ether oxygens (including phenoxy) is 1. The van der Waals surface area contributed by atoms with E-state index in [1.165, 1.54) is 12.3 Å². The second kappa shape index (κ2) is 9.30. The van der Waals surface area contributed by atoms with Crippen LogP contribution < -0.4 is 4.90 Å². The predicted octanol–water partition coefficient (Wildman–Crippen LogP) is 5.72. The summed E-state index contributed by atoms with van der Waals surface area (Å²) in [5.74, 6) is -0.746. The first-order chi connectivity index (χ1) is 14.5. The van der Waals surface area contributed by atoms with Crippen LogP contribution in [0.5, 0.6) is 0 Å². The highest BCUT2D eigenvalue weighted by Gasteiger charge is 2.37. The van der Waals surface area contributed by atoms with Crippen LogP contribution in [0.4, 0.5) is 19.0 Å². The van der Waals surface area contributed by atoms with Crippen LogP contribution >= 0.6 is 0 Å². The summed E-state index contributed by atoms with van der Waals surface area (Å²) in [5, 5.41) is 0.0245. The van der Waals surface area contributed by atoms with E-state index >= 15 is 4.39 Å². The molecule has 1 aromatic carbocycles. The zero-order valence-corrected chi connectivity index (χ0v) is 19.8. The Bertz CT molecular complexity index is 912. The molecule has 0 saturated carbocycles. The Balaban J connectivity index is 1.73. The van der Waals surface area contributed by atoms with Gasteiger partial charge in [0.15, 0.2) is 20.0 Å². The van der Waals surface area contributed by atoms with Crippen molar-refractivity contribution >= 4 is 14.1 Å². The third-order valence-corrected chi connectivity index (χ3v) is 10.7. The molecule has 0 bridgehead atoms. The quantitative estimate of drug-likeness (QED) is 0.480. The van der Waals surface area contributed by atoms with Crippen molar-refractivity contribution in [3.8, 4) is 11.1 Å². The summed E-state index contributed by atoms with van der Waals surface area (Å²) in [5.41, 5.74) is 1.11. The summed E-state index contributed by atoms with van der Waals surface area (Å²) in [4.78, 5) is 5.93. The van der Waals surface area contributed by atoms with E-state index in [1.807, 2.05) is 0 Å². The van der Waals surface area contributed by atoms with Gasteiger partial charge in [-0.2, -0.15) is 0 Å². The SMILES string of the molecule is CC(C)(C)[Si](C)(C)OCc1cccc(-c2cnc(N3CC(OCCF)C3)c(F)c2)c1F. The molecule has 0 aliphatic carbocycles. The topological polar surface area (TPSA) is 34.6 Å². The normalized spacial score (nSPS) is 15.3. The van der Waals surface area contributed by atoms with Gasteiger partial charge < -0.3 is 14.1 Å². The molecule has 0 amide bonds. The van der Waals surface area contributed by atoms with Gasteiger partial charge in [0.1, 0.15) is 12.5 Å². The number of halogens is 3. The maximum Gasteiger partial charge on any atom is 0.192 e. The lowest BCUT2D eigenvalue weighted by Crippen LogP contribution is -2.53. The third-order valence-electron chi connectivity index (χ3n) is 6.18. The number of hydrogen-bond acceptors (Lipinski definition) is 4. The average molecular weight is 453 g/mol. The van der Waals surface area contributed by atoms with Crippen LogP contribution in [0.25, 0.3) is 11.1 Å². The summed E-state index contributed by atoms with van der Waals surface area (Å²) in [7, 11) is -2.02. The molecular formula is C23H31F3N2O2Si. The highest BCUT2D eigenvalue weighted by atomic mass is 28.4. The maximum absolute atomic E-state index is 15.2. The summed E-state index contributed by atoms with van der Waals surface area (Å²) in [6.07, 6.45) is 1.36. The summed E-state index contributed by atoms with van der Waals surface area (Å²) < 4.78 is 53.5. The van der Waals surface area contributed by atoms with E-state index in [1.54, 1.807) is 23.1 Å². The van der Waals surface area contributed by atoms with Crippen molar-refractivity contribution in [2.24, 2.45) is 0 Å². The largest absolute Gasteiger partial charge is 0.412 e. The minimum absolute atomic E-state index is 0.0245. The Hall–Kier alpha value is -1.90. The second-order valence-electron chi connectivity index (χ2n) is 9.44. The number of aromatic nitrogens is 1. The van der Waals surface area contributed by atoms with E-state index in [4.69, 9.17) is 9.16 Å². The van der Waals surface area contributed by atoms with Crippen molar-refractivity contribution < 1.29 is 22.3 Å². The van der Waals surface area contributed by atoms with Crippen LogP contribution in [0.1, 0.15) is 26.3 Å². The Labute approximate surface area is 183 Å². The lowest BCUT2D eigenvalue weighted by Gasteiger charge is -2.39. The van der Waals surface area contributed by atoms with Crippen molar-refractivity contribution in [3.05, 3.63) is 47.7 Å². The fraction of sp³-hybridized carbons (Fsp3) is 0.522. The Morgan fingerprint density at radius 2 is 1.90 bits per heavy atom. The first-order valence-corrected chi connectivity index (χ1v) is 13.4. The van der Waals surface area contributed by atoms with Gasteiger partial charge in [-0.1, -0.05) is 39.0 Å². The molecule has 0 radical (unpaired) electrons. The molecule has 1 aliphatic rings. The highest BCUT2D eigenvalue weighted by molar-refractivity contribution is 6.74. The summed E-state index contributed by atoms with van der Waals surface area (Å²) in [6, 6.07) is 6.36. The first kappa shape index (κ1) is 23.8. The molecule has 1 saturated heterocycles. The minimum atomic E-state index is -2.02. The fourth-order valence-corrected chi connectivity index (χ4v) is 4.08. The molecule has 3 rings (SSSR count). The van der Waals surface area contributed by atoms with Crippen LogP contribution in [0, 0.1) is 11.6 Å². The van der Waals surface area contributed by atoms with E-state index in [2.05, 4.69) is 38.8 Å². The molecule has 1 aromatic heterocycles. The number of anilines is 1. The third kappa shape index (κ3) is 5.30. The van der Waals surface area contributed by atoms with Gasteiger partial charge in [-0.25, -0.2) is 18.2 Å². The zero-order valence-electron chi connectivity index (χ0n) is 18.8. The van der Waals surface area contributed by atoms with Gasteiger partial charge >= 0.3 is 0 Å². The molecule has 170 valence electrons. The molecule has 31 heavy (non-hydrogen) atoms. The van der Waals surface area contributed by atoms with E-state index < -0.39 is 26.6 Å². The number of nitrogens with zero attached hydrogens (tertiary/aromatic N) is 2. The average Bonchev–Trinajstić information content (AvgIpc) is 2.66. The Morgan fingerprint density at radius 1 is 1.19 bits per heavy atom. The standard InChI is InChI=1S/C23H31F3N2O2Si/c1-23(2,3)31(4,5)30-15-16-7-6-8-19(21(16)26)17-11-20(25)22(27-12-17)28-13-18(14-28)29-10-9-24/h6-8,11-12,18H,9-10,13-15H2,1-5H3. The van der Waals surface area contributed by atoms with Gasteiger partial charge in [0, 0.05) is 36.0 Å². The second-order valence-corrected chi connectivity index (χ2v) is 14.3. The van der Waals surface area contributed by atoms with Gasteiger partial charge in [-0.15, -0.1) is 0 Å². The predicted molar refractivity (Wildman–Crippen MR) is 120 cm³/mol. The summed E-state index contributed by atoms with van der Waals surface area (Å²) in [6.45, 7) is 11.2.